The van der Waals surface area contributed by atoms with E-state index in [1.54, 1.807) is 13.8 Å². The molecule has 0 radical (unpaired) electrons. The summed E-state index contributed by atoms with van der Waals surface area (Å²) in [5.41, 5.74) is -0.498. The number of carboxylic acid groups (broad SMARTS) is 1. The monoisotopic (exact) mass is 384 g/mol. The van der Waals surface area contributed by atoms with Gasteiger partial charge < -0.3 is 5.11 Å². The molecule has 1 aromatic carbocycles. The third kappa shape index (κ3) is 3.15. The molecule has 0 aromatic heterocycles. The van der Waals surface area contributed by atoms with E-state index in [1.807, 2.05) is 49.4 Å². The second-order valence-corrected chi connectivity index (χ2v) is 7.95. The first kappa shape index (κ1) is 20.3. The van der Waals surface area contributed by atoms with Gasteiger partial charge in [-0.3, -0.25) is 24.6 Å². The van der Waals surface area contributed by atoms with Gasteiger partial charge in [0.05, 0.1) is 11.8 Å². The van der Waals surface area contributed by atoms with Gasteiger partial charge in [-0.2, -0.15) is 0 Å². The van der Waals surface area contributed by atoms with Gasteiger partial charge in [-0.05, 0) is 17.9 Å². The molecule has 4 unspecified atom stereocenters. The molecule has 2 heterocycles. The number of nitrogens with one attached hydrogen (secondary N) is 1. The van der Waals surface area contributed by atoms with E-state index in [2.05, 4.69) is 5.32 Å². The molecule has 3 rings (SSSR count). The predicted octanol–water partition coefficient (Wildman–Crippen LogP) is 2.55. The van der Waals surface area contributed by atoms with Crippen LogP contribution in [0.4, 0.5) is 0 Å². The number of likely N-dealkylation sites (tertiary alicyclic amines) is 1. The Balaban J connectivity index is 2.01. The second kappa shape index (κ2) is 7.87. The smallest absolute Gasteiger partial charge is 0.325 e. The van der Waals surface area contributed by atoms with Crippen LogP contribution in [0.25, 0.3) is 6.08 Å². The molecule has 6 heteroatoms. The highest BCUT2D eigenvalue weighted by Crippen LogP contribution is 2.46. The largest absolute Gasteiger partial charge is 0.480 e. The van der Waals surface area contributed by atoms with Gasteiger partial charge in [0.25, 0.3) is 0 Å². The summed E-state index contributed by atoms with van der Waals surface area (Å²) >= 11 is 0. The summed E-state index contributed by atoms with van der Waals surface area (Å²) in [6.07, 6.45) is 5.28. The lowest BCUT2D eigenvalue weighted by Crippen LogP contribution is -2.60. The molecule has 2 fully saturated rings. The number of hydrogen-bond donors (Lipinski definition) is 2. The van der Waals surface area contributed by atoms with Crippen LogP contribution in [0.2, 0.25) is 0 Å². The molecule has 0 aliphatic carbocycles. The molecule has 2 amide bonds. The normalized spacial score (nSPS) is 29.9. The lowest BCUT2D eigenvalue weighted by Gasteiger charge is -2.34. The zero-order chi connectivity index (χ0) is 20.5. The van der Waals surface area contributed by atoms with E-state index >= 15 is 0 Å². The second-order valence-electron chi connectivity index (χ2n) is 7.95. The molecule has 150 valence electrons. The van der Waals surface area contributed by atoms with Crippen molar-refractivity contribution in [3.05, 3.63) is 42.0 Å². The number of fused-ring (bicyclic) bond motifs is 1. The Morgan fingerprint density at radius 3 is 2.50 bits per heavy atom. The molecule has 2 aliphatic rings. The minimum atomic E-state index is -1.45. The lowest BCUT2D eigenvalue weighted by molar-refractivity contribution is -0.153. The van der Waals surface area contributed by atoms with Gasteiger partial charge in [0.15, 0.2) is 0 Å². The van der Waals surface area contributed by atoms with Crippen molar-refractivity contribution in [2.24, 2.45) is 17.8 Å². The number of aliphatic carboxylic acids is 1. The average molecular weight is 384 g/mol. The number of nitrogens with zero attached hydrogens (tertiary/aromatic N) is 1. The Kier molecular flexibility index (Phi) is 5.70. The van der Waals surface area contributed by atoms with E-state index in [9.17, 15) is 19.5 Å². The van der Waals surface area contributed by atoms with Gasteiger partial charge in [0, 0.05) is 12.6 Å². The van der Waals surface area contributed by atoms with Gasteiger partial charge >= 0.3 is 5.97 Å². The van der Waals surface area contributed by atoms with Gasteiger partial charge in [0.1, 0.15) is 5.54 Å². The number of benzene rings is 1. The highest BCUT2D eigenvalue weighted by atomic mass is 16.4. The van der Waals surface area contributed by atoms with Crippen molar-refractivity contribution in [2.45, 2.75) is 45.2 Å². The number of hydrogen-bond acceptors (Lipinski definition) is 4. The van der Waals surface area contributed by atoms with Gasteiger partial charge in [-0.15, -0.1) is 0 Å². The molecule has 2 saturated heterocycles. The van der Waals surface area contributed by atoms with E-state index in [0.717, 1.165) is 18.4 Å². The van der Waals surface area contributed by atoms with E-state index in [0.29, 0.717) is 6.54 Å². The maximum atomic E-state index is 13.1. The van der Waals surface area contributed by atoms with Crippen LogP contribution in [0.1, 0.15) is 39.2 Å². The summed E-state index contributed by atoms with van der Waals surface area (Å²) in [6.45, 7) is 5.92. The van der Waals surface area contributed by atoms with Crippen molar-refractivity contribution < 1.29 is 19.5 Å². The summed E-state index contributed by atoms with van der Waals surface area (Å²) in [5, 5.41) is 13.2. The maximum Gasteiger partial charge on any atom is 0.325 e. The van der Waals surface area contributed by atoms with Crippen molar-refractivity contribution in [1.82, 2.24) is 10.2 Å². The Morgan fingerprint density at radius 2 is 1.93 bits per heavy atom. The van der Waals surface area contributed by atoms with E-state index in [4.69, 9.17) is 0 Å². The van der Waals surface area contributed by atoms with Crippen molar-refractivity contribution in [2.75, 3.05) is 6.54 Å². The van der Waals surface area contributed by atoms with Crippen molar-refractivity contribution in [3.63, 3.8) is 0 Å². The third-order valence-electron chi connectivity index (χ3n) is 6.02. The van der Waals surface area contributed by atoms with Gasteiger partial charge in [-0.25, -0.2) is 0 Å². The molecular formula is C22H28N2O4. The van der Waals surface area contributed by atoms with Crippen molar-refractivity contribution in [1.29, 1.82) is 0 Å². The minimum Gasteiger partial charge on any atom is -0.480 e. The molecule has 0 spiro atoms. The number of carboxylic acids is 1. The van der Waals surface area contributed by atoms with Crippen LogP contribution in [-0.2, 0) is 14.4 Å². The van der Waals surface area contributed by atoms with Crippen LogP contribution in [0.3, 0.4) is 0 Å². The number of carbonyl (C=O) groups is 3. The zero-order valence-electron chi connectivity index (χ0n) is 16.6. The SMILES string of the molecule is CCCCN1C(=O)C2C(/C=C/c3ccccc3)NC(C(=O)O)(C(C)C)C2C1=O. The molecule has 28 heavy (non-hydrogen) atoms. The summed E-state index contributed by atoms with van der Waals surface area (Å²) in [7, 11) is 0. The van der Waals surface area contributed by atoms with E-state index in [-0.39, 0.29) is 17.7 Å². The Hall–Kier alpha value is -2.47. The first-order chi connectivity index (χ1) is 13.3. The molecule has 0 saturated carbocycles. The summed E-state index contributed by atoms with van der Waals surface area (Å²) in [6, 6.07) is 9.11. The number of carbonyl (C=O) groups excluding carboxylic acids is 2. The van der Waals surface area contributed by atoms with E-state index < -0.39 is 29.4 Å². The number of imide groups is 1. The van der Waals surface area contributed by atoms with Gasteiger partial charge in [0.2, 0.25) is 11.8 Å². The van der Waals surface area contributed by atoms with Crippen LogP contribution in [0.15, 0.2) is 36.4 Å². The van der Waals surface area contributed by atoms with Gasteiger partial charge in [-0.1, -0.05) is 69.7 Å². The molecule has 2 aliphatic heterocycles. The Bertz CT molecular complexity index is 789. The fourth-order valence-electron chi connectivity index (χ4n) is 4.50. The standard InChI is InChI=1S/C22H28N2O4/c1-4-5-13-24-19(25)17-16(12-11-15-9-7-6-8-10-15)23-22(14(2)3,21(27)28)18(17)20(24)26/h6-12,14,16-18,23H,4-5,13H2,1-3H3,(H,27,28)/b12-11+. The molecule has 1 aromatic rings. The minimum absolute atomic E-state index is 0.262. The van der Waals surface area contributed by atoms with Crippen LogP contribution in [0.5, 0.6) is 0 Å². The molecule has 4 atom stereocenters. The summed E-state index contributed by atoms with van der Waals surface area (Å²) in [5.74, 6) is -3.63. The topological polar surface area (TPSA) is 86.7 Å². The fraction of sp³-hybridized carbons (Fsp3) is 0.500. The predicted molar refractivity (Wildman–Crippen MR) is 106 cm³/mol. The molecule has 6 nitrogen and oxygen atoms in total. The molecular weight excluding hydrogens is 356 g/mol. The average Bonchev–Trinajstić information content (AvgIpc) is 3.14. The van der Waals surface area contributed by atoms with Crippen LogP contribution < -0.4 is 5.32 Å². The summed E-state index contributed by atoms with van der Waals surface area (Å²) < 4.78 is 0. The fourth-order valence-corrected chi connectivity index (χ4v) is 4.50. The highest BCUT2D eigenvalue weighted by molar-refractivity contribution is 6.09. The Morgan fingerprint density at radius 1 is 1.25 bits per heavy atom. The number of unbranched alkanes of at least 4 members (excludes halogenated alkanes) is 1. The van der Waals surface area contributed by atoms with Crippen molar-refractivity contribution in [3.8, 4) is 0 Å². The number of rotatable bonds is 7. The first-order valence-electron chi connectivity index (χ1n) is 9.94. The van der Waals surface area contributed by atoms with Crippen LogP contribution in [-0.4, -0.2) is 45.9 Å². The zero-order valence-corrected chi connectivity index (χ0v) is 16.6. The number of amides is 2. The van der Waals surface area contributed by atoms with Crippen LogP contribution >= 0.6 is 0 Å². The third-order valence-corrected chi connectivity index (χ3v) is 6.02. The lowest BCUT2D eigenvalue weighted by atomic mass is 9.73. The van der Waals surface area contributed by atoms with Crippen LogP contribution in [0, 0.1) is 17.8 Å². The highest BCUT2D eigenvalue weighted by Gasteiger charge is 2.68. The maximum absolute atomic E-state index is 13.1. The summed E-state index contributed by atoms with van der Waals surface area (Å²) in [4.78, 5) is 39.8. The quantitative estimate of drug-likeness (QED) is 0.706. The molecule has 0 bridgehead atoms. The van der Waals surface area contributed by atoms with E-state index in [1.165, 1.54) is 4.90 Å². The first-order valence-corrected chi connectivity index (χ1v) is 9.94. The Labute approximate surface area is 165 Å². The molecule has 2 N–H and O–H groups in total. The van der Waals surface area contributed by atoms with Crippen molar-refractivity contribution >= 4 is 23.9 Å².